The van der Waals surface area contributed by atoms with Crippen LogP contribution < -0.4 is 5.32 Å². The van der Waals surface area contributed by atoms with Gasteiger partial charge >= 0.3 is 0 Å². The first-order valence-electron chi connectivity index (χ1n) is 8.56. The van der Waals surface area contributed by atoms with Crippen LogP contribution in [0.3, 0.4) is 0 Å². The van der Waals surface area contributed by atoms with Gasteiger partial charge in [-0.2, -0.15) is 0 Å². The molecule has 6 heteroatoms. The zero-order chi connectivity index (χ0) is 17.6. The van der Waals surface area contributed by atoms with Gasteiger partial charge in [-0.1, -0.05) is 30.3 Å². The number of rotatable bonds is 5. The van der Waals surface area contributed by atoms with Crippen LogP contribution in [0.15, 0.2) is 59.9 Å². The van der Waals surface area contributed by atoms with Crippen LogP contribution in [0, 0.1) is 6.92 Å². The standard InChI is InChI=1S/C20H25N5.HI/c1-16-8-4-5-9-17(16)14-24(3)20(21-2)22-12-11-18-15-25-13-7-6-10-19(25)23-18;/h4-10,13,15H,11-12,14H2,1-3H3,(H,21,22);1H. The number of hydrogen-bond acceptors (Lipinski definition) is 2. The van der Waals surface area contributed by atoms with E-state index in [1.165, 1.54) is 11.1 Å². The van der Waals surface area contributed by atoms with Crippen LogP contribution in [-0.4, -0.2) is 40.9 Å². The number of nitrogens with zero attached hydrogens (tertiary/aromatic N) is 4. The van der Waals surface area contributed by atoms with Gasteiger partial charge in [0.2, 0.25) is 0 Å². The van der Waals surface area contributed by atoms with Crippen LogP contribution >= 0.6 is 24.0 Å². The van der Waals surface area contributed by atoms with Gasteiger partial charge in [0.05, 0.1) is 5.69 Å². The molecule has 0 amide bonds. The molecule has 0 fully saturated rings. The molecule has 0 saturated heterocycles. The number of fused-ring (bicyclic) bond motifs is 1. The molecule has 0 bridgehead atoms. The van der Waals surface area contributed by atoms with Gasteiger partial charge in [-0.25, -0.2) is 4.98 Å². The highest BCUT2D eigenvalue weighted by molar-refractivity contribution is 14.0. The Morgan fingerprint density at radius 3 is 2.69 bits per heavy atom. The number of pyridine rings is 1. The average Bonchev–Trinajstić information content (AvgIpc) is 3.03. The molecule has 3 rings (SSSR count). The predicted octanol–water partition coefficient (Wildman–Crippen LogP) is 3.51. The van der Waals surface area contributed by atoms with Crippen molar-refractivity contribution in [3.8, 4) is 0 Å². The van der Waals surface area contributed by atoms with Crippen molar-refractivity contribution >= 4 is 35.6 Å². The van der Waals surface area contributed by atoms with Gasteiger partial charge in [0.1, 0.15) is 5.65 Å². The van der Waals surface area contributed by atoms with E-state index < -0.39 is 0 Å². The number of nitrogens with one attached hydrogen (secondary N) is 1. The van der Waals surface area contributed by atoms with E-state index in [0.717, 1.165) is 36.8 Å². The summed E-state index contributed by atoms with van der Waals surface area (Å²) in [6.07, 6.45) is 4.96. The highest BCUT2D eigenvalue weighted by Gasteiger charge is 2.08. The van der Waals surface area contributed by atoms with Crippen molar-refractivity contribution in [2.45, 2.75) is 19.9 Å². The molecular formula is C20H26IN5. The normalized spacial score (nSPS) is 11.3. The number of imidazole rings is 1. The van der Waals surface area contributed by atoms with Crippen LogP contribution in [0.1, 0.15) is 16.8 Å². The molecule has 1 aromatic carbocycles. The van der Waals surface area contributed by atoms with Crippen molar-refractivity contribution in [2.24, 2.45) is 4.99 Å². The summed E-state index contributed by atoms with van der Waals surface area (Å²) in [6.45, 7) is 3.78. The van der Waals surface area contributed by atoms with Crippen molar-refractivity contribution < 1.29 is 0 Å². The summed E-state index contributed by atoms with van der Waals surface area (Å²) < 4.78 is 2.05. The van der Waals surface area contributed by atoms with Crippen LogP contribution in [0.25, 0.3) is 5.65 Å². The Morgan fingerprint density at radius 1 is 1.19 bits per heavy atom. The summed E-state index contributed by atoms with van der Waals surface area (Å²) in [6, 6.07) is 14.5. The fraction of sp³-hybridized carbons (Fsp3) is 0.300. The monoisotopic (exact) mass is 463 g/mol. The summed E-state index contributed by atoms with van der Waals surface area (Å²) in [7, 11) is 3.88. The minimum atomic E-state index is 0. The maximum atomic E-state index is 4.63. The van der Waals surface area contributed by atoms with Gasteiger partial charge in [0, 0.05) is 46.0 Å². The number of halogens is 1. The Hall–Kier alpha value is -2.09. The molecule has 3 aromatic rings. The number of aliphatic imine (C=N–C) groups is 1. The molecule has 0 saturated carbocycles. The second-order valence-corrected chi connectivity index (χ2v) is 6.20. The second kappa shape index (κ2) is 9.56. The molecule has 0 atom stereocenters. The topological polar surface area (TPSA) is 44.9 Å². The van der Waals surface area contributed by atoms with Crippen LogP contribution in [-0.2, 0) is 13.0 Å². The molecule has 0 aliphatic heterocycles. The van der Waals surface area contributed by atoms with E-state index in [0.29, 0.717) is 0 Å². The number of hydrogen-bond donors (Lipinski definition) is 1. The van der Waals surface area contributed by atoms with E-state index in [-0.39, 0.29) is 24.0 Å². The van der Waals surface area contributed by atoms with Crippen molar-refractivity contribution in [3.05, 3.63) is 71.7 Å². The molecule has 5 nitrogen and oxygen atoms in total. The first-order chi connectivity index (χ1) is 12.2. The molecular weight excluding hydrogens is 437 g/mol. The van der Waals surface area contributed by atoms with Gasteiger partial charge in [-0.3, -0.25) is 4.99 Å². The first kappa shape index (κ1) is 20.2. The van der Waals surface area contributed by atoms with E-state index >= 15 is 0 Å². The maximum Gasteiger partial charge on any atom is 0.193 e. The third-order valence-corrected chi connectivity index (χ3v) is 4.32. The molecule has 0 radical (unpaired) electrons. The Balaban J connectivity index is 0.00000243. The molecule has 1 N–H and O–H groups in total. The summed E-state index contributed by atoms with van der Waals surface area (Å²) in [5.41, 5.74) is 4.68. The maximum absolute atomic E-state index is 4.63. The zero-order valence-corrected chi connectivity index (χ0v) is 17.8. The molecule has 2 aromatic heterocycles. The lowest BCUT2D eigenvalue weighted by Gasteiger charge is -2.22. The van der Waals surface area contributed by atoms with Crippen LogP contribution in [0.4, 0.5) is 0 Å². The number of aromatic nitrogens is 2. The summed E-state index contributed by atoms with van der Waals surface area (Å²) >= 11 is 0. The summed E-state index contributed by atoms with van der Waals surface area (Å²) in [5.74, 6) is 0.895. The van der Waals surface area contributed by atoms with Gasteiger partial charge in [-0.15, -0.1) is 24.0 Å². The highest BCUT2D eigenvalue weighted by atomic mass is 127. The van der Waals surface area contributed by atoms with E-state index in [2.05, 4.69) is 69.0 Å². The second-order valence-electron chi connectivity index (χ2n) is 6.20. The predicted molar refractivity (Wildman–Crippen MR) is 118 cm³/mol. The molecule has 0 spiro atoms. The lowest BCUT2D eigenvalue weighted by molar-refractivity contribution is 0.476. The number of guanidine groups is 1. The largest absolute Gasteiger partial charge is 0.356 e. The molecule has 0 unspecified atom stereocenters. The summed E-state index contributed by atoms with van der Waals surface area (Å²) in [4.78, 5) is 11.2. The lowest BCUT2D eigenvalue weighted by Crippen LogP contribution is -2.39. The highest BCUT2D eigenvalue weighted by Crippen LogP contribution is 2.09. The van der Waals surface area contributed by atoms with Crippen LogP contribution in [0.5, 0.6) is 0 Å². The summed E-state index contributed by atoms with van der Waals surface area (Å²) in [5, 5.41) is 3.43. The van der Waals surface area contributed by atoms with E-state index in [1.807, 2.05) is 31.4 Å². The number of aryl methyl sites for hydroxylation is 1. The number of benzene rings is 1. The minimum absolute atomic E-state index is 0. The third kappa shape index (κ3) is 4.97. The Bertz CT molecular complexity index is 838. The van der Waals surface area contributed by atoms with Gasteiger partial charge in [-0.05, 0) is 30.2 Å². The van der Waals surface area contributed by atoms with Crippen molar-refractivity contribution in [1.29, 1.82) is 0 Å². The fourth-order valence-corrected chi connectivity index (χ4v) is 2.91. The third-order valence-electron chi connectivity index (χ3n) is 4.32. The SMILES string of the molecule is CN=C(NCCc1cn2ccccc2n1)N(C)Cc1ccccc1C.I. The van der Waals surface area contributed by atoms with Crippen molar-refractivity contribution in [3.63, 3.8) is 0 Å². The van der Waals surface area contributed by atoms with Crippen molar-refractivity contribution in [2.75, 3.05) is 20.6 Å². The van der Waals surface area contributed by atoms with E-state index in [9.17, 15) is 0 Å². The molecule has 0 aliphatic carbocycles. The van der Waals surface area contributed by atoms with Gasteiger partial charge < -0.3 is 14.6 Å². The van der Waals surface area contributed by atoms with Crippen molar-refractivity contribution in [1.82, 2.24) is 19.6 Å². The lowest BCUT2D eigenvalue weighted by atomic mass is 10.1. The first-order valence-corrected chi connectivity index (χ1v) is 8.56. The van der Waals surface area contributed by atoms with E-state index in [1.54, 1.807) is 0 Å². The Labute approximate surface area is 172 Å². The average molecular weight is 463 g/mol. The Kier molecular flexibility index (Phi) is 7.44. The molecule has 26 heavy (non-hydrogen) atoms. The zero-order valence-electron chi connectivity index (χ0n) is 15.5. The van der Waals surface area contributed by atoms with Gasteiger partial charge in [0.25, 0.3) is 0 Å². The minimum Gasteiger partial charge on any atom is -0.356 e. The Morgan fingerprint density at radius 2 is 1.96 bits per heavy atom. The molecule has 0 aliphatic rings. The van der Waals surface area contributed by atoms with Crippen LogP contribution in [0.2, 0.25) is 0 Å². The van der Waals surface area contributed by atoms with Gasteiger partial charge in [0.15, 0.2) is 5.96 Å². The molecule has 2 heterocycles. The smallest absolute Gasteiger partial charge is 0.193 e. The van der Waals surface area contributed by atoms with E-state index in [4.69, 9.17) is 0 Å². The molecule has 138 valence electrons. The quantitative estimate of drug-likeness (QED) is 0.358. The fourth-order valence-electron chi connectivity index (χ4n) is 2.91.